The highest BCUT2D eigenvalue weighted by molar-refractivity contribution is 14.1. The molecule has 2 aromatic rings. The average molecular weight is 396 g/mol. The third kappa shape index (κ3) is 2.84. The van der Waals surface area contributed by atoms with Crippen molar-refractivity contribution in [1.29, 1.82) is 0 Å². The second-order valence-corrected chi connectivity index (χ2v) is 5.54. The van der Waals surface area contributed by atoms with Crippen molar-refractivity contribution in [1.82, 2.24) is 14.5 Å². The van der Waals surface area contributed by atoms with E-state index in [0.717, 1.165) is 5.56 Å². The third-order valence-electron chi connectivity index (χ3n) is 2.43. The fourth-order valence-corrected chi connectivity index (χ4v) is 2.30. The number of aryl methyl sites for hydroxylation is 1. The molecule has 0 fully saturated rings. The normalized spacial score (nSPS) is 10.7. The second kappa shape index (κ2) is 5.54. The molecule has 2 heterocycles. The molecule has 0 saturated carbocycles. The van der Waals surface area contributed by atoms with Crippen LogP contribution in [0.5, 0.6) is 0 Å². The molecule has 0 aromatic carbocycles. The van der Waals surface area contributed by atoms with Crippen LogP contribution in [-0.2, 0) is 6.54 Å². The van der Waals surface area contributed by atoms with Gasteiger partial charge in [0.1, 0.15) is 16.1 Å². The Hall–Kier alpha value is -0.660. The molecule has 0 unspecified atom stereocenters. The maximum atomic E-state index is 12.0. The van der Waals surface area contributed by atoms with E-state index in [1.807, 2.05) is 22.6 Å². The fourth-order valence-electron chi connectivity index (χ4n) is 1.47. The lowest BCUT2D eigenvalue weighted by Gasteiger charge is -2.10. The first-order valence-corrected chi connectivity index (χ1v) is 6.85. The molecule has 0 aliphatic heterocycles. The summed E-state index contributed by atoms with van der Waals surface area (Å²) < 4.78 is 2.12. The van der Waals surface area contributed by atoms with Gasteiger partial charge in [0.15, 0.2) is 0 Å². The lowest BCUT2D eigenvalue weighted by molar-refractivity contribution is 0.693. The van der Waals surface area contributed by atoms with Gasteiger partial charge in [-0.05, 0) is 35.6 Å². The molecule has 18 heavy (non-hydrogen) atoms. The Morgan fingerprint density at radius 3 is 2.78 bits per heavy atom. The van der Waals surface area contributed by atoms with Gasteiger partial charge in [-0.2, -0.15) is 0 Å². The van der Waals surface area contributed by atoms with Crippen molar-refractivity contribution < 1.29 is 0 Å². The standard InChI is InChI=1S/C11H8Cl2IN3O/c1-6-15-4-8(14)11(18)17(6)5-7-2-3-9(12)16-10(7)13/h2-4H,5H2,1H3. The van der Waals surface area contributed by atoms with E-state index in [4.69, 9.17) is 23.2 Å². The van der Waals surface area contributed by atoms with Crippen LogP contribution in [-0.4, -0.2) is 14.5 Å². The van der Waals surface area contributed by atoms with Crippen LogP contribution < -0.4 is 5.56 Å². The molecule has 94 valence electrons. The van der Waals surface area contributed by atoms with Gasteiger partial charge in [0, 0.05) is 11.8 Å². The van der Waals surface area contributed by atoms with E-state index < -0.39 is 0 Å². The van der Waals surface area contributed by atoms with Gasteiger partial charge in [-0.25, -0.2) is 9.97 Å². The molecule has 0 spiro atoms. The zero-order chi connectivity index (χ0) is 13.3. The molecular weight excluding hydrogens is 388 g/mol. The Kier molecular flexibility index (Phi) is 4.24. The predicted octanol–water partition coefficient (Wildman–Crippen LogP) is 2.91. The summed E-state index contributed by atoms with van der Waals surface area (Å²) >= 11 is 13.7. The summed E-state index contributed by atoms with van der Waals surface area (Å²) in [5.41, 5.74) is 0.643. The highest BCUT2D eigenvalue weighted by Crippen LogP contribution is 2.17. The van der Waals surface area contributed by atoms with Gasteiger partial charge in [0.2, 0.25) is 0 Å². The van der Waals surface area contributed by atoms with Crippen molar-refractivity contribution in [2.45, 2.75) is 13.5 Å². The van der Waals surface area contributed by atoms with Crippen LogP contribution in [0.3, 0.4) is 0 Å². The van der Waals surface area contributed by atoms with E-state index in [-0.39, 0.29) is 5.56 Å². The maximum Gasteiger partial charge on any atom is 0.267 e. The Morgan fingerprint density at radius 2 is 2.11 bits per heavy atom. The van der Waals surface area contributed by atoms with Crippen molar-refractivity contribution >= 4 is 45.8 Å². The van der Waals surface area contributed by atoms with Crippen molar-refractivity contribution in [2.24, 2.45) is 0 Å². The molecule has 0 amide bonds. The first-order chi connectivity index (χ1) is 8.49. The predicted molar refractivity (Wildman–Crippen MR) is 79.3 cm³/mol. The van der Waals surface area contributed by atoms with Gasteiger partial charge in [-0.15, -0.1) is 0 Å². The first kappa shape index (κ1) is 13.8. The van der Waals surface area contributed by atoms with Gasteiger partial charge in [-0.1, -0.05) is 29.3 Å². The number of halogens is 3. The number of hydrogen-bond acceptors (Lipinski definition) is 3. The van der Waals surface area contributed by atoms with Crippen LogP contribution in [0.4, 0.5) is 0 Å². The molecule has 0 N–H and O–H groups in total. The monoisotopic (exact) mass is 395 g/mol. The number of aromatic nitrogens is 3. The molecule has 4 nitrogen and oxygen atoms in total. The van der Waals surface area contributed by atoms with Crippen LogP contribution >= 0.6 is 45.8 Å². The fraction of sp³-hybridized carbons (Fsp3) is 0.182. The van der Waals surface area contributed by atoms with E-state index in [2.05, 4.69) is 9.97 Å². The summed E-state index contributed by atoms with van der Waals surface area (Å²) in [6.07, 6.45) is 1.55. The highest BCUT2D eigenvalue weighted by atomic mass is 127. The Morgan fingerprint density at radius 1 is 1.39 bits per heavy atom. The minimum Gasteiger partial charge on any atom is -0.291 e. The van der Waals surface area contributed by atoms with Crippen molar-refractivity contribution in [3.05, 3.63) is 53.9 Å². The van der Waals surface area contributed by atoms with E-state index in [1.165, 1.54) is 0 Å². The van der Waals surface area contributed by atoms with Crippen LogP contribution in [0.25, 0.3) is 0 Å². The van der Waals surface area contributed by atoms with E-state index in [1.54, 1.807) is 29.8 Å². The SMILES string of the molecule is Cc1ncc(I)c(=O)n1Cc1ccc(Cl)nc1Cl. The second-order valence-electron chi connectivity index (χ2n) is 3.63. The van der Waals surface area contributed by atoms with Crippen LogP contribution in [0.1, 0.15) is 11.4 Å². The largest absolute Gasteiger partial charge is 0.291 e. The summed E-state index contributed by atoms with van der Waals surface area (Å²) in [5, 5.41) is 0.626. The molecule has 0 aliphatic rings. The quantitative estimate of drug-likeness (QED) is 0.580. The minimum absolute atomic E-state index is 0.0888. The molecule has 0 bridgehead atoms. The van der Waals surface area contributed by atoms with Gasteiger partial charge in [0.05, 0.1) is 10.1 Å². The maximum absolute atomic E-state index is 12.0. The summed E-state index contributed by atoms with van der Waals surface area (Å²) in [6.45, 7) is 2.10. The van der Waals surface area contributed by atoms with Gasteiger partial charge in [-0.3, -0.25) is 9.36 Å². The van der Waals surface area contributed by atoms with Crippen molar-refractivity contribution in [3.63, 3.8) is 0 Å². The van der Waals surface area contributed by atoms with E-state index in [0.29, 0.717) is 26.2 Å². The molecule has 0 atom stereocenters. The number of rotatable bonds is 2. The average Bonchev–Trinajstić information content (AvgIpc) is 2.32. The zero-order valence-electron chi connectivity index (χ0n) is 9.32. The minimum atomic E-state index is -0.0888. The summed E-state index contributed by atoms with van der Waals surface area (Å²) in [4.78, 5) is 20.1. The molecule has 2 aromatic heterocycles. The van der Waals surface area contributed by atoms with Crippen LogP contribution in [0.2, 0.25) is 10.3 Å². The Bertz CT molecular complexity index is 657. The van der Waals surface area contributed by atoms with Crippen LogP contribution in [0, 0.1) is 10.5 Å². The lowest BCUT2D eigenvalue weighted by Crippen LogP contribution is -2.26. The molecule has 2 rings (SSSR count). The molecule has 0 aliphatic carbocycles. The third-order valence-corrected chi connectivity index (χ3v) is 3.70. The number of nitrogens with zero attached hydrogens (tertiary/aromatic N) is 3. The number of hydrogen-bond donors (Lipinski definition) is 0. The smallest absolute Gasteiger partial charge is 0.267 e. The van der Waals surface area contributed by atoms with Crippen molar-refractivity contribution in [2.75, 3.05) is 0 Å². The topological polar surface area (TPSA) is 47.8 Å². The van der Waals surface area contributed by atoms with Crippen molar-refractivity contribution in [3.8, 4) is 0 Å². The first-order valence-electron chi connectivity index (χ1n) is 5.02. The molecule has 0 saturated heterocycles. The molecule has 7 heteroatoms. The summed E-state index contributed by atoms with van der Waals surface area (Å²) in [7, 11) is 0. The highest BCUT2D eigenvalue weighted by Gasteiger charge is 2.09. The van der Waals surface area contributed by atoms with E-state index >= 15 is 0 Å². The summed E-state index contributed by atoms with van der Waals surface area (Å²) in [5.74, 6) is 0.631. The Balaban J connectivity index is 2.46. The van der Waals surface area contributed by atoms with E-state index in [9.17, 15) is 4.79 Å². The van der Waals surface area contributed by atoms with Gasteiger partial charge in [0.25, 0.3) is 5.56 Å². The lowest BCUT2D eigenvalue weighted by atomic mass is 10.3. The molecule has 0 radical (unpaired) electrons. The number of pyridine rings is 1. The Labute approximate surface area is 127 Å². The van der Waals surface area contributed by atoms with Crippen LogP contribution in [0.15, 0.2) is 23.1 Å². The zero-order valence-corrected chi connectivity index (χ0v) is 13.0. The van der Waals surface area contributed by atoms with Gasteiger partial charge >= 0.3 is 0 Å². The van der Waals surface area contributed by atoms with Gasteiger partial charge < -0.3 is 0 Å². The molecular formula is C11H8Cl2IN3O. The summed E-state index contributed by atoms with van der Waals surface area (Å²) in [6, 6.07) is 3.40.